The molecule has 0 N–H and O–H groups in total. The van der Waals surface area contributed by atoms with E-state index in [1.165, 1.54) is 0 Å². The van der Waals surface area contributed by atoms with Gasteiger partial charge in [0.2, 0.25) is 0 Å². The molecule has 0 bridgehead atoms. The van der Waals surface area contributed by atoms with Gasteiger partial charge >= 0.3 is 0 Å². The average molecular weight is 446 g/mol. The zero-order valence-corrected chi connectivity index (χ0v) is 19.4. The highest BCUT2D eigenvalue weighted by Gasteiger charge is 2.22. The lowest BCUT2D eigenvalue weighted by Crippen LogP contribution is -2.19. The van der Waals surface area contributed by atoms with Crippen molar-refractivity contribution in [3.8, 4) is 11.5 Å². The maximum atomic E-state index is 13.7. The SMILES string of the molecule is COc1ccc2c(C(=O)c3ccc(OCCN(C)C)cc3)c(C3=CC=CC=CC3)sc2c1. The summed E-state index contributed by atoms with van der Waals surface area (Å²) >= 11 is 1.64. The Hall–Kier alpha value is -3.15. The molecule has 1 aliphatic rings. The summed E-state index contributed by atoms with van der Waals surface area (Å²) in [6.07, 6.45) is 11.1. The third-order valence-corrected chi connectivity index (χ3v) is 6.56. The minimum atomic E-state index is 0.0226. The van der Waals surface area contributed by atoms with Crippen molar-refractivity contribution in [3.63, 3.8) is 0 Å². The Labute approximate surface area is 193 Å². The van der Waals surface area contributed by atoms with Crippen LogP contribution in [0.1, 0.15) is 27.2 Å². The molecule has 32 heavy (non-hydrogen) atoms. The van der Waals surface area contributed by atoms with Gasteiger partial charge < -0.3 is 14.4 Å². The van der Waals surface area contributed by atoms with Crippen LogP contribution in [0.5, 0.6) is 11.5 Å². The van der Waals surface area contributed by atoms with Gasteiger partial charge in [-0.05, 0) is 68.6 Å². The molecule has 0 saturated carbocycles. The number of rotatable bonds is 8. The largest absolute Gasteiger partial charge is 0.497 e. The zero-order valence-electron chi connectivity index (χ0n) is 18.6. The first-order valence-corrected chi connectivity index (χ1v) is 11.4. The van der Waals surface area contributed by atoms with Crippen molar-refractivity contribution in [1.29, 1.82) is 0 Å². The third kappa shape index (κ3) is 4.85. The standard InChI is InChI=1S/C27H27NO3S/c1-28(2)16-17-31-21-12-10-19(11-13-21)26(29)25-23-15-14-22(30-3)18-24(23)32-27(25)20-8-6-4-5-7-9-20/h4-8,10-15,18H,9,16-17H2,1-3H3. The molecule has 0 atom stereocenters. The predicted octanol–water partition coefficient (Wildman–Crippen LogP) is 5.98. The Morgan fingerprint density at radius 1 is 1.03 bits per heavy atom. The number of likely N-dealkylation sites (N-methyl/N-ethyl adjacent to an activating group) is 1. The van der Waals surface area contributed by atoms with Crippen LogP contribution in [0.2, 0.25) is 0 Å². The number of hydrogen-bond donors (Lipinski definition) is 0. The highest BCUT2D eigenvalue weighted by atomic mass is 32.1. The summed E-state index contributed by atoms with van der Waals surface area (Å²) in [4.78, 5) is 16.8. The summed E-state index contributed by atoms with van der Waals surface area (Å²) in [6.45, 7) is 1.45. The molecule has 1 aromatic heterocycles. The first-order chi connectivity index (χ1) is 15.6. The number of methoxy groups -OCH3 is 1. The molecule has 4 nitrogen and oxygen atoms in total. The van der Waals surface area contributed by atoms with Gasteiger partial charge in [0.15, 0.2) is 5.78 Å². The van der Waals surface area contributed by atoms with E-state index in [1.54, 1.807) is 18.4 Å². The van der Waals surface area contributed by atoms with Crippen molar-refractivity contribution >= 4 is 32.8 Å². The molecule has 1 aliphatic carbocycles. The fourth-order valence-electron chi connectivity index (χ4n) is 3.59. The van der Waals surface area contributed by atoms with Gasteiger partial charge in [0, 0.05) is 32.6 Å². The topological polar surface area (TPSA) is 38.8 Å². The van der Waals surface area contributed by atoms with Crippen LogP contribution in [0.3, 0.4) is 0 Å². The fourth-order valence-corrected chi connectivity index (χ4v) is 4.86. The van der Waals surface area contributed by atoms with Crippen molar-refractivity contribution in [3.05, 3.63) is 88.8 Å². The summed E-state index contributed by atoms with van der Waals surface area (Å²) < 4.78 is 12.2. The van der Waals surface area contributed by atoms with Gasteiger partial charge in [0.05, 0.1) is 7.11 Å². The van der Waals surface area contributed by atoms with E-state index in [0.29, 0.717) is 12.2 Å². The monoisotopic (exact) mass is 445 g/mol. The summed E-state index contributed by atoms with van der Waals surface area (Å²) in [5.74, 6) is 1.58. The second kappa shape index (κ2) is 9.98. The van der Waals surface area contributed by atoms with Crippen LogP contribution < -0.4 is 9.47 Å². The number of benzene rings is 2. The van der Waals surface area contributed by atoms with Crippen LogP contribution >= 0.6 is 11.3 Å². The predicted molar refractivity (Wildman–Crippen MR) is 133 cm³/mol. The van der Waals surface area contributed by atoms with E-state index in [9.17, 15) is 4.79 Å². The van der Waals surface area contributed by atoms with Gasteiger partial charge in [-0.25, -0.2) is 0 Å². The minimum Gasteiger partial charge on any atom is -0.497 e. The van der Waals surface area contributed by atoms with Crippen molar-refractivity contribution in [1.82, 2.24) is 4.90 Å². The molecule has 0 amide bonds. The van der Waals surface area contributed by atoms with Crippen LogP contribution in [0, 0.1) is 0 Å². The van der Waals surface area contributed by atoms with E-state index in [2.05, 4.69) is 17.1 Å². The number of ketones is 1. The van der Waals surface area contributed by atoms with Gasteiger partial charge in [0.25, 0.3) is 0 Å². The van der Waals surface area contributed by atoms with Gasteiger partial charge in [-0.1, -0.05) is 30.4 Å². The van der Waals surface area contributed by atoms with E-state index in [4.69, 9.17) is 9.47 Å². The molecular formula is C27H27NO3S. The first-order valence-electron chi connectivity index (χ1n) is 10.6. The summed E-state index contributed by atoms with van der Waals surface area (Å²) in [5, 5.41) is 0.959. The summed E-state index contributed by atoms with van der Waals surface area (Å²) in [6, 6.07) is 13.4. The smallest absolute Gasteiger partial charge is 0.195 e. The first kappa shape index (κ1) is 22.1. The Bertz CT molecular complexity index is 1200. The number of nitrogens with zero attached hydrogens (tertiary/aromatic N) is 1. The number of carbonyl (C=O) groups is 1. The Morgan fingerprint density at radius 2 is 1.81 bits per heavy atom. The van der Waals surface area contributed by atoms with E-state index in [1.807, 2.05) is 74.8 Å². The number of fused-ring (bicyclic) bond motifs is 1. The third-order valence-electron chi connectivity index (χ3n) is 5.33. The number of ether oxygens (including phenoxy) is 2. The van der Waals surface area contributed by atoms with E-state index in [0.717, 1.165) is 50.6 Å². The van der Waals surface area contributed by atoms with Crippen LogP contribution in [0.25, 0.3) is 15.7 Å². The minimum absolute atomic E-state index is 0.0226. The number of allylic oxidation sites excluding steroid dienone is 6. The molecule has 4 rings (SSSR count). The van der Waals surface area contributed by atoms with Crippen molar-refractivity contribution in [2.45, 2.75) is 6.42 Å². The molecule has 0 unspecified atom stereocenters. The maximum absolute atomic E-state index is 13.7. The molecule has 3 aromatic rings. The van der Waals surface area contributed by atoms with Crippen molar-refractivity contribution in [2.24, 2.45) is 0 Å². The zero-order chi connectivity index (χ0) is 22.5. The van der Waals surface area contributed by atoms with E-state index in [-0.39, 0.29) is 5.78 Å². The molecule has 1 heterocycles. The number of carbonyl (C=O) groups excluding carboxylic acids is 1. The lowest BCUT2D eigenvalue weighted by Gasteiger charge is -2.11. The molecule has 0 aliphatic heterocycles. The van der Waals surface area contributed by atoms with Crippen LogP contribution in [-0.2, 0) is 0 Å². The molecule has 0 radical (unpaired) electrons. The van der Waals surface area contributed by atoms with Gasteiger partial charge in [0.1, 0.15) is 18.1 Å². The maximum Gasteiger partial charge on any atom is 0.195 e. The van der Waals surface area contributed by atoms with Crippen LogP contribution in [0.4, 0.5) is 0 Å². The molecule has 0 fully saturated rings. The lowest BCUT2D eigenvalue weighted by molar-refractivity contribution is 0.104. The highest BCUT2D eigenvalue weighted by molar-refractivity contribution is 7.20. The molecular weight excluding hydrogens is 418 g/mol. The van der Waals surface area contributed by atoms with E-state index >= 15 is 0 Å². The quantitative estimate of drug-likeness (QED) is 0.400. The normalized spacial score (nSPS) is 13.3. The number of thiophene rings is 1. The summed E-state index contributed by atoms with van der Waals surface area (Å²) in [5.41, 5.74) is 2.55. The van der Waals surface area contributed by atoms with Crippen LogP contribution in [-0.4, -0.2) is 45.0 Å². The second-order valence-corrected chi connectivity index (χ2v) is 8.93. The highest BCUT2D eigenvalue weighted by Crippen LogP contribution is 2.40. The molecule has 164 valence electrons. The van der Waals surface area contributed by atoms with Gasteiger partial charge in [-0.2, -0.15) is 0 Å². The molecule has 2 aromatic carbocycles. The molecule has 0 spiro atoms. The van der Waals surface area contributed by atoms with Gasteiger partial charge in [-0.3, -0.25) is 4.79 Å². The molecule has 5 heteroatoms. The molecule has 0 saturated heterocycles. The average Bonchev–Trinajstić information content (AvgIpc) is 2.96. The Kier molecular flexibility index (Phi) is 6.88. The van der Waals surface area contributed by atoms with Crippen LogP contribution in [0.15, 0.2) is 72.8 Å². The van der Waals surface area contributed by atoms with Gasteiger partial charge in [-0.15, -0.1) is 11.3 Å². The van der Waals surface area contributed by atoms with Crippen molar-refractivity contribution in [2.75, 3.05) is 34.4 Å². The van der Waals surface area contributed by atoms with E-state index < -0.39 is 0 Å². The van der Waals surface area contributed by atoms with Crippen molar-refractivity contribution < 1.29 is 14.3 Å². The Balaban J connectivity index is 1.71. The second-order valence-electron chi connectivity index (χ2n) is 7.88. The summed E-state index contributed by atoms with van der Waals surface area (Å²) in [7, 11) is 5.69. The fraction of sp³-hybridized carbons (Fsp3) is 0.222. The lowest BCUT2D eigenvalue weighted by atomic mass is 9.96. The Morgan fingerprint density at radius 3 is 2.56 bits per heavy atom. The number of hydrogen-bond acceptors (Lipinski definition) is 5.